The normalized spacial score (nSPS) is 19.6. The molecule has 1 atom stereocenters. The number of amides is 1. The number of carbonyl (C=O) groups is 1. The largest absolute Gasteiger partial charge is 0.379 e. The van der Waals surface area contributed by atoms with Gasteiger partial charge in [0.1, 0.15) is 5.69 Å². The van der Waals surface area contributed by atoms with Gasteiger partial charge in [-0.3, -0.25) is 9.69 Å². The van der Waals surface area contributed by atoms with E-state index in [-0.39, 0.29) is 17.4 Å². The van der Waals surface area contributed by atoms with E-state index in [2.05, 4.69) is 33.5 Å². The predicted molar refractivity (Wildman–Crippen MR) is 135 cm³/mol. The molecule has 1 amide bonds. The first-order valence-electron chi connectivity index (χ1n) is 11.8. The van der Waals surface area contributed by atoms with Gasteiger partial charge in [-0.25, -0.2) is 4.85 Å². The Morgan fingerprint density at radius 3 is 2.74 bits per heavy atom. The third-order valence-electron chi connectivity index (χ3n) is 7.11. The number of halogens is 1. The molecule has 1 aliphatic heterocycles. The van der Waals surface area contributed by atoms with Gasteiger partial charge in [-0.1, -0.05) is 43.6 Å². The molecule has 176 valence electrons. The van der Waals surface area contributed by atoms with Gasteiger partial charge in [-0.05, 0) is 47.2 Å². The van der Waals surface area contributed by atoms with Crippen LogP contribution in [-0.2, 0) is 17.7 Å². The smallest absolute Gasteiger partial charge is 0.268 e. The van der Waals surface area contributed by atoms with E-state index >= 15 is 0 Å². The number of fused-ring (bicyclic) bond motifs is 2. The summed E-state index contributed by atoms with van der Waals surface area (Å²) in [5.74, 6) is -0.103. The van der Waals surface area contributed by atoms with Crippen molar-refractivity contribution in [3.63, 3.8) is 0 Å². The molecule has 0 unspecified atom stereocenters. The molecule has 1 aromatic heterocycles. The maximum absolute atomic E-state index is 13.7. The highest BCUT2D eigenvalue weighted by molar-refractivity contribution is 6.31. The van der Waals surface area contributed by atoms with Gasteiger partial charge in [0.15, 0.2) is 5.69 Å². The number of nitrogens with one attached hydrogen (secondary N) is 1. The Morgan fingerprint density at radius 1 is 1.18 bits per heavy atom. The lowest BCUT2D eigenvalue weighted by molar-refractivity contribution is 0.0364. The van der Waals surface area contributed by atoms with Crippen LogP contribution in [-0.4, -0.2) is 48.2 Å². The van der Waals surface area contributed by atoms with Crippen molar-refractivity contribution in [1.29, 1.82) is 0 Å². The van der Waals surface area contributed by atoms with E-state index in [0.29, 0.717) is 22.9 Å². The SMILES string of the molecule is [C-]#[N+]c1ccc2c(c1)[C@H](NC(=O)c1cc3cc(Cl)ccc3n1CCN1CCOCC1)C(C)(C)C2. The van der Waals surface area contributed by atoms with E-state index < -0.39 is 0 Å². The van der Waals surface area contributed by atoms with Gasteiger partial charge in [-0.15, -0.1) is 0 Å². The topological polar surface area (TPSA) is 50.9 Å². The third-order valence-corrected chi connectivity index (χ3v) is 7.35. The molecule has 6 nitrogen and oxygen atoms in total. The van der Waals surface area contributed by atoms with Crippen LogP contribution in [0, 0.1) is 12.0 Å². The molecule has 2 aliphatic rings. The number of carbonyl (C=O) groups excluding carboxylic acids is 1. The van der Waals surface area contributed by atoms with Crippen LogP contribution in [0.2, 0.25) is 5.02 Å². The molecule has 5 rings (SSSR count). The summed E-state index contributed by atoms with van der Waals surface area (Å²) in [6.45, 7) is 16.6. The molecule has 34 heavy (non-hydrogen) atoms. The minimum atomic E-state index is -0.161. The molecule has 0 bridgehead atoms. The van der Waals surface area contributed by atoms with Crippen molar-refractivity contribution in [3.05, 3.63) is 75.7 Å². The molecule has 3 aromatic rings. The van der Waals surface area contributed by atoms with Crippen molar-refractivity contribution in [2.45, 2.75) is 32.9 Å². The average Bonchev–Trinajstić information content (AvgIpc) is 3.31. The zero-order valence-electron chi connectivity index (χ0n) is 19.6. The van der Waals surface area contributed by atoms with E-state index in [1.54, 1.807) is 0 Å². The molecule has 0 saturated carbocycles. The van der Waals surface area contributed by atoms with E-state index in [9.17, 15) is 4.79 Å². The Balaban J connectivity index is 1.46. The maximum Gasteiger partial charge on any atom is 0.268 e. The number of aromatic nitrogens is 1. The lowest BCUT2D eigenvalue weighted by Gasteiger charge is -2.29. The molecule has 2 aromatic carbocycles. The second-order valence-electron chi connectivity index (χ2n) is 9.91. The lowest BCUT2D eigenvalue weighted by Crippen LogP contribution is -2.39. The van der Waals surface area contributed by atoms with Crippen LogP contribution in [0.5, 0.6) is 0 Å². The quantitative estimate of drug-likeness (QED) is 0.513. The molecular weight excluding hydrogens is 448 g/mol. The molecule has 1 saturated heterocycles. The fourth-order valence-electron chi connectivity index (χ4n) is 5.31. The fraction of sp³-hybridized carbons (Fsp3) is 0.407. The van der Waals surface area contributed by atoms with Gasteiger partial charge < -0.3 is 14.6 Å². The number of hydrogen-bond acceptors (Lipinski definition) is 3. The summed E-state index contributed by atoms with van der Waals surface area (Å²) in [5.41, 5.74) is 4.34. The van der Waals surface area contributed by atoms with Crippen molar-refractivity contribution in [3.8, 4) is 0 Å². The van der Waals surface area contributed by atoms with Crippen molar-refractivity contribution >= 4 is 34.1 Å². The zero-order valence-corrected chi connectivity index (χ0v) is 20.4. The highest BCUT2D eigenvalue weighted by Crippen LogP contribution is 2.46. The molecule has 7 heteroatoms. The second-order valence-corrected chi connectivity index (χ2v) is 10.3. The van der Waals surface area contributed by atoms with Gasteiger partial charge in [0.2, 0.25) is 0 Å². The summed E-state index contributed by atoms with van der Waals surface area (Å²) in [4.78, 5) is 19.7. The highest BCUT2D eigenvalue weighted by atomic mass is 35.5. The summed E-state index contributed by atoms with van der Waals surface area (Å²) < 4.78 is 7.58. The predicted octanol–water partition coefficient (Wildman–Crippen LogP) is 5.23. The van der Waals surface area contributed by atoms with Crippen molar-refractivity contribution in [1.82, 2.24) is 14.8 Å². The van der Waals surface area contributed by atoms with Gasteiger partial charge in [0, 0.05) is 42.1 Å². The first kappa shape index (κ1) is 22.9. The van der Waals surface area contributed by atoms with Crippen molar-refractivity contribution < 1.29 is 9.53 Å². The van der Waals surface area contributed by atoms with Crippen molar-refractivity contribution in [2.24, 2.45) is 5.41 Å². The lowest BCUT2D eigenvalue weighted by atomic mass is 9.85. The number of hydrogen-bond donors (Lipinski definition) is 1. The number of rotatable bonds is 5. The van der Waals surface area contributed by atoms with Crippen LogP contribution in [0.15, 0.2) is 42.5 Å². The van der Waals surface area contributed by atoms with Gasteiger partial charge >= 0.3 is 0 Å². The van der Waals surface area contributed by atoms with E-state index in [1.165, 1.54) is 5.56 Å². The minimum Gasteiger partial charge on any atom is -0.379 e. The summed E-state index contributed by atoms with van der Waals surface area (Å²) in [7, 11) is 0. The molecule has 1 aliphatic carbocycles. The zero-order chi connectivity index (χ0) is 23.9. The third kappa shape index (κ3) is 4.32. The first-order valence-corrected chi connectivity index (χ1v) is 12.1. The standard InChI is InChI=1S/C27H29ClN4O2/c1-27(2)17-18-4-6-21(29-3)16-22(18)25(27)30-26(33)24-15-19-14-20(28)5-7-23(19)32(24)9-8-31-10-12-34-13-11-31/h4-7,14-16,25H,8-13,17H2,1-2H3,(H,30,33)/t25-/m0/s1. The van der Waals surface area contributed by atoms with Crippen LogP contribution in [0.1, 0.15) is 41.5 Å². The Bertz CT molecular complexity index is 1280. The Morgan fingerprint density at radius 2 is 1.97 bits per heavy atom. The Labute approximate surface area is 205 Å². The molecule has 1 N–H and O–H groups in total. The maximum atomic E-state index is 13.7. The number of ether oxygens (including phenoxy) is 1. The summed E-state index contributed by atoms with van der Waals surface area (Å²) >= 11 is 6.26. The number of morpholine rings is 1. The van der Waals surface area contributed by atoms with Crippen LogP contribution in [0.4, 0.5) is 5.69 Å². The molecular formula is C27H29ClN4O2. The summed E-state index contributed by atoms with van der Waals surface area (Å²) in [5, 5.41) is 4.93. The van der Waals surface area contributed by atoms with Crippen LogP contribution in [0.25, 0.3) is 15.7 Å². The van der Waals surface area contributed by atoms with Crippen LogP contribution in [0.3, 0.4) is 0 Å². The summed E-state index contributed by atoms with van der Waals surface area (Å²) in [6.07, 6.45) is 0.862. The number of benzene rings is 2. The van der Waals surface area contributed by atoms with Crippen molar-refractivity contribution in [2.75, 3.05) is 32.8 Å². The van der Waals surface area contributed by atoms with Crippen LogP contribution >= 0.6 is 11.6 Å². The van der Waals surface area contributed by atoms with Gasteiger partial charge in [-0.2, -0.15) is 0 Å². The van der Waals surface area contributed by atoms with E-state index in [4.69, 9.17) is 22.9 Å². The average molecular weight is 477 g/mol. The number of nitrogens with zero attached hydrogens (tertiary/aromatic N) is 3. The van der Waals surface area contributed by atoms with E-state index in [0.717, 1.165) is 55.7 Å². The molecule has 0 spiro atoms. The fourth-order valence-corrected chi connectivity index (χ4v) is 5.49. The second kappa shape index (κ2) is 9.07. The molecule has 1 fully saturated rings. The molecule has 2 heterocycles. The van der Waals surface area contributed by atoms with E-state index in [1.807, 2.05) is 42.5 Å². The van der Waals surface area contributed by atoms with Gasteiger partial charge in [0.25, 0.3) is 5.91 Å². The highest BCUT2D eigenvalue weighted by Gasteiger charge is 2.40. The van der Waals surface area contributed by atoms with Gasteiger partial charge in [0.05, 0.1) is 25.8 Å². The monoisotopic (exact) mass is 476 g/mol. The summed E-state index contributed by atoms with van der Waals surface area (Å²) in [6, 6.07) is 13.4. The van der Waals surface area contributed by atoms with Crippen LogP contribution < -0.4 is 5.32 Å². The minimum absolute atomic E-state index is 0.103. The first-order chi connectivity index (χ1) is 16.4. The molecule has 0 radical (unpaired) electrons. The Hall–Kier alpha value is -2.85. The Kier molecular flexibility index (Phi) is 6.11.